The highest BCUT2D eigenvalue weighted by Crippen LogP contribution is 2.47. The maximum absolute atomic E-state index is 12.4. The van der Waals surface area contributed by atoms with E-state index in [0.29, 0.717) is 24.3 Å². The number of allylic oxidation sites excluding steroid dienone is 2. The third kappa shape index (κ3) is 3.35. The first kappa shape index (κ1) is 17.0. The van der Waals surface area contributed by atoms with Crippen molar-refractivity contribution in [3.05, 3.63) is 42.0 Å². The summed E-state index contributed by atoms with van der Waals surface area (Å²) >= 11 is 0. The third-order valence-corrected chi connectivity index (χ3v) is 4.74. The number of carboxylic acid groups (broad SMARTS) is 1. The van der Waals surface area contributed by atoms with Gasteiger partial charge >= 0.3 is 0 Å². The van der Waals surface area contributed by atoms with Crippen molar-refractivity contribution in [2.75, 3.05) is 6.61 Å². The molecule has 2 aliphatic rings. The van der Waals surface area contributed by atoms with Crippen molar-refractivity contribution in [1.82, 2.24) is 10.9 Å². The van der Waals surface area contributed by atoms with Crippen LogP contribution in [0.4, 0.5) is 0 Å². The maximum atomic E-state index is 12.4. The van der Waals surface area contributed by atoms with E-state index >= 15 is 0 Å². The Bertz CT molecular complexity index is 730. The number of ether oxygens (including phenoxy) is 1. The van der Waals surface area contributed by atoms with Gasteiger partial charge in [-0.1, -0.05) is 18.2 Å². The molecule has 0 aromatic heterocycles. The normalized spacial score (nSPS) is 26.3. The number of hydrogen-bond acceptors (Lipinski definition) is 5. The Hall–Kier alpha value is -2.83. The Kier molecular flexibility index (Phi) is 4.74. The Morgan fingerprint density at radius 1 is 1.16 bits per heavy atom. The predicted octanol–water partition coefficient (Wildman–Crippen LogP) is 0.0345. The first-order chi connectivity index (χ1) is 12.0. The Labute approximate surface area is 145 Å². The molecular formula is C18H19N2O5-. The largest absolute Gasteiger partial charge is 0.550 e. The zero-order chi connectivity index (χ0) is 18.0. The molecule has 1 aromatic carbocycles. The van der Waals surface area contributed by atoms with Crippen LogP contribution in [0.3, 0.4) is 0 Å². The second-order valence-corrected chi connectivity index (χ2v) is 6.22. The van der Waals surface area contributed by atoms with Crippen LogP contribution in [0.1, 0.15) is 23.7 Å². The lowest BCUT2D eigenvalue weighted by Gasteiger charge is -2.27. The lowest BCUT2D eigenvalue weighted by Crippen LogP contribution is -2.50. The second-order valence-electron chi connectivity index (χ2n) is 6.22. The smallest absolute Gasteiger partial charge is 0.269 e. The summed E-state index contributed by atoms with van der Waals surface area (Å²) < 4.78 is 5.33. The van der Waals surface area contributed by atoms with Gasteiger partial charge < -0.3 is 14.6 Å². The number of amides is 2. The third-order valence-electron chi connectivity index (χ3n) is 4.74. The average molecular weight is 343 g/mol. The van der Waals surface area contributed by atoms with Gasteiger partial charge in [-0.15, -0.1) is 0 Å². The fourth-order valence-corrected chi connectivity index (χ4v) is 3.67. The molecule has 0 aliphatic heterocycles. The molecule has 0 heterocycles. The van der Waals surface area contributed by atoms with Gasteiger partial charge in [0.25, 0.3) is 5.91 Å². The molecule has 2 N–H and O–H groups in total. The van der Waals surface area contributed by atoms with Crippen LogP contribution in [0, 0.1) is 23.7 Å². The highest BCUT2D eigenvalue weighted by molar-refractivity contribution is 5.96. The number of carbonyl (C=O) groups is 3. The Morgan fingerprint density at radius 3 is 2.56 bits per heavy atom. The number of carboxylic acids is 1. The number of aliphatic carboxylic acids is 1. The van der Waals surface area contributed by atoms with E-state index in [4.69, 9.17) is 4.74 Å². The Balaban J connectivity index is 1.62. The molecule has 1 aromatic rings. The van der Waals surface area contributed by atoms with Gasteiger partial charge in [-0.05, 0) is 43.4 Å². The quantitative estimate of drug-likeness (QED) is 0.579. The summed E-state index contributed by atoms with van der Waals surface area (Å²) in [6, 6.07) is 6.56. The number of hydrogen-bond donors (Lipinski definition) is 2. The molecule has 2 amide bonds. The predicted molar refractivity (Wildman–Crippen MR) is 85.9 cm³/mol. The molecule has 1 fully saturated rings. The molecule has 25 heavy (non-hydrogen) atoms. The van der Waals surface area contributed by atoms with E-state index in [1.165, 1.54) is 0 Å². The number of carbonyl (C=O) groups excluding carboxylic acids is 3. The van der Waals surface area contributed by atoms with Crippen LogP contribution in [0.2, 0.25) is 0 Å². The highest BCUT2D eigenvalue weighted by Gasteiger charge is 2.48. The van der Waals surface area contributed by atoms with Gasteiger partial charge in [0.05, 0.1) is 12.5 Å². The molecular weight excluding hydrogens is 324 g/mol. The molecule has 0 spiro atoms. The first-order valence-corrected chi connectivity index (χ1v) is 8.23. The number of nitrogens with one attached hydrogen (secondary N) is 2. The van der Waals surface area contributed by atoms with Crippen molar-refractivity contribution in [3.8, 4) is 5.75 Å². The summed E-state index contributed by atoms with van der Waals surface area (Å²) in [6.07, 6.45) is 4.32. The highest BCUT2D eigenvalue weighted by atomic mass is 16.5. The van der Waals surface area contributed by atoms with Gasteiger partial charge in [0.2, 0.25) is 5.91 Å². The van der Waals surface area contributed by atoms with Gasteiger partial charge in [0.15, 0.2) is 0 Å². The van der Waals surface area contributed by atoms with Gasteiger partial charge in [0.1, 0.15) is 5.75 Å². The molecule has 4 atom stereocenters. The summed E-state index contributed by atoms with van der Waals surface area (Å²) in [4.78, 5) is 35.9. The van der Waals surface area contributed by atoms with Crippen LogP contribution in [-0.4, -0.2) is 24.4 Å². The van der Waals surface area contributed by atoms with Crippen molar-refractivity contribution in [2.45, 2.75) is 13.3 Å². The van der Waals surface area contributed by atoms with Crippen molar-refractivity contribution in [3.63, 3.8) is 0 Å². The van der Waals surface area contributed by atoms with E-state index in [-0.39, 0.29) is 11.8 Å². The van der Waals surface area contributed by atoms with Crippen molar-refractivity contribution < 1.29 is 24.2 Å². The van der Waals surface area contributed by atoms with Crippen molar-refractivity contribution in [1.29, 1.82) is 0 Å². The van der Waals surface area contributed by atoms with E-state index < -0.39 is 29.6 Å². The zero-order valence-corrected chi connectivity index (χ0v) is 13.7. The summed E-state index contributed by atoms with van der Waals surface area (Å²) in [5.41, 5.74) is 5.00. The van der Waals surface area contributed by atoms with Crippen LogP contribution < -0.4 is 20.7 Å². The minimum Gasteiger partial charge on any atom is -0.550 e. The van der Waals surface area contributed by atoms with Gasteiger partial charge in [-0.25, -0.2) is 0 Å². The standard InChI is InChI=1S/C18H20N2O5/c1-2-25-13-5-3-4-12(9-13)16(21)19-20-17(22)14-10-6-7-11(8-10)15(14)18(23)24/h3-7,9-11,14-15H,2,8H2,1H3,(H,19,21)(H,20,22)(H,23,24)/p-1. The molecule has 2 aliphatic carbocycles. The number of benzene rings is 1. The molecule has 1 saturated carbocycles. The second kappa shape index (κ2) is 6.96. The summed E-state index contributed by atoms with van der Waals surface area (Å²) in [6.45, 7) is 2.31. The van der Waals surface area contributed by atoms with Gasteiger partial charge in [0, 0.05) is 17.5 Å². The minimum absolute atomic E-state index is 0.133. The molecule has 7 heteroatoms. The van der Waals surface area contributed by atoms with Crippen molar-refractivity contribution in [2.24, 2.45) is 23.7 Å². The lowest BCUT2D eigenvalue weighted by molar-refractivity contribution is -0.313. The van der Waals surface area contributed by atoms with Crippen LogP contribution in [-0.2, 0) is 9.59 Å². The topological polar surface area (TPSA) is 108 Å². The summed E-state index contributed by atoms with van der Waals surface area (Å²) in [5.74, 6) is -3.58. The lowest BCUT2D eigenvalue weighted by atomic mass is 9.82. The molecule has 2 bridgehead atoms. The molecule has 0 radical (unpaired) electrons. The summed E-state index contributed by atoms with van der Waals surface area (Å²) in [5, 5.41) is 11.3. The number of fused-ring (bicyclic) bond motifs is 2. The van der Waals surface area contributed by atoms with Crippen LogP contribution in [0.25, 0.3) is 0 Å². The van der Waals surface area contributed by atoms with Crippen LogP contribution >= 0.6 is 0 Å². The van der Waals surface area contributed by atoms with E-state index in [2.05, 4.69) is 10.9 Å². The maximum Gasteiger partial charge on any atom is 0.269 e. The van der Waals surface area contributed by atoms with Crippen molar-refractivity contribution >= 4 is 17.8 Å². The first-order valence-electron chi connectivity index (χ1n) is 8.23. The zero-order valence-electron chi connectivity index (χ0n) is 13.7. The fraction of sp³-hybridized carbons (Fsp3) is 0.389. The molecule has 0 saturated heterocycles. The van der Waals surface area contributed by atoms with E-state index in [1.807, 2.05) is 19.1 Å². The SMILES string of the molecule is CCOc1cccc(C(=O)NNC(=O)C2C3C=CC(C3)C2C(=O)[O-])c1. The average Bonchev–Trinajstić information content (AvgIpc) is 3.21. The number of rotatable bonds is 5. The number of hydrazine groups is 1. The monoisotopic (exact) mass is 343 g/mol. The molecule has 7 nitrogen and oxygen atoms in total. The van der Waals surface area contributed by atoms with E-state index in [1.54, 1.807) is 24.3 Å². The van der Waals surface area contributed by atoms with Gasteiger partial charge in [-0.3, -0.25) is 20.4 Å². The van der Waals surface area contributed by atoms with Crippen LogP contribution in [0.15, 0.2) is 36.4 Å². The van der Waals surface area contributed by atoms with Crippen LogP contribution in [0.5, 0.6) is 5.75 Å². The minimum atomic E-state index is -1.23. The summed E-state index contributed by atoms with van der Waals surface area (Å²) in [7, 11) is 0. The van der Waals surface area contributed by atoms with E-state index in [9.17, 15) is 19.5 Å². The fourth-order valence-electron chi connectivity index (χ4n) is 3.67. The van der Waals surface area contributed by atoms with E-state index in [0.717, 1.165) is 0 Å². The molecule has 4 unspecified atom stereocenters. The van der Waals surface area contributed by atoms with Gasteiger partial charge in [-0.2, -0.15) is 0 Å². The Morgan fingerprint density at radius 2 is 1.88 bits per heavy atom. The molecule has 132 valence electrons. The molecule has 3 rings (SSSR count).